The third kappa shape index (κ3) is 3.37. The Bertz CT molecular complexity index is 465. The first-order chi connectivity index (χ1) is 8.79. The molecule has 1 N–H and O–H groups in total. The summed E-state index contributed by atoms with van der Waals surface area (Å²) in [6, 6.07) is 4.30. The van der Waals surface area contributed by atoms with E-state index in [9.17, 15) is 0 Å². The van der Waals surface area contributed by atoms with Gasteiger partial charge in [-0.05, 0) is 24.6 Å². The lowest BCUT2D eigenvalue weighted by Crippen LogP contribution is -2.24. The molecule has 96 valence electrons. The van der Waals surface area contributed by atoms with E-state index >= 15 is 0 Å². The third-order valence-corrected chi connectivity index (χ3v) is 2.79. The molecule has 0 radical (unpaired) electrons. The fourth-order valence-corrected chi connectivity index (χ4v) is 1.91. The second kappa shape index (κ2) is 6.26. The SMILES string of the molecule is CCCNC(Cc1cn(C)nn1)c1cccnc1. The van der Waals surface area contributed by atoms with E-state index in [2.05, 4.69) is 33.6 Å². The summed E-state index contributed by atoms with van der Waals surface area (Å²) < 4.78 is 1.73. The summed E-state index contributed by atoms with van der Waals surface area (Å²) in [6.07, 6.45) is 7.60. The quantitative estimate of drug-likeness (QED) is 0.838. The van der Waals surface area contributed by atoms with Gasteiger partial charge >= 0.3 is 0 Å². The molecule has 0 amide bonds. The molecule has 0 aliphatic rings. The highest BCUT2D eigenvalue weighted by molar-refractivity contribution is 5.16. The van der Waals surface area contributed by atoms with Crippen LogP contribution in [0.15, 0.2) is 30.7 Å². The summed E-state index contributed by atoms with van der Waals surface area (Å²) in [4.78, 5) is 4.18. The Balaban J connectivity index is 2.10. The Morgan fingerprint density at radius 2 is 2.33 bits per heavy atom. The van der Waals surface area contributed by atoms with Crippen LogP contribution in [-0.2, 0) is 13.5 Å². The van der Waals surface area contributed by atoms with E-state index in [4.69, 9.17) is 0 Å². The van der Waals surface area contributed by atoms with Crippen LogP contribution >= 0.6 is 0 Å². The second-order valence-electron chi connectivity index (χ2n) is 4.38. The van der Waals surface area contributed by atoms with Gasteiger partial charge < -0.3 is 5.32 Å². The lowest BCUT2D eigenvalue weighted by molar-refractivity contribution is 0.522. The summed E-state index contributed by atoms with van der Waals surface area (Å²) in [5, 5.41) is 11.6. The summed E-state index contributed by atoms with van der Waals surface area (Å²) in [6.45, 7) is 3.15. The molecule has 0 aromatic carbocycles. The van der Waals surface area contributed by atoms with E-state index in [-0.39, 0.29) is 6.04 Å². The fourth-order valence-electron chi connectivity index (χ4n) is 1.91. The lowest BCUT2D eigenvalue weighted by Gasteiger charge is -2.17. The number of aromatic nitrogens is 4. The van der Waals surface area contributed by atoms with E-state index in [0.717, 1.165) is 25.1 Å². The van der Waals surface area contributed by atoms with Crippen LogP contribution in [0, 0.1) is 0 Å². The lowest BCUT2D eigenvalue weighted by atomic mass is 10.0. The Morgan fingerprint density at radius 3 is 2.94 bits per heavy atom. The summed E-state index contributed by atoms with van der Waals surface area (Å²) >= 11 is 0. The minimum atomic E-state index is 0.246. The van der Waals surface area contributed by atoms with Crippen LogP contribution in [0.2, 0.25) is 0 Å². The minimum absolute atomic E-state index is 0.246. The fraction of sp³-hybridized carbons (Fsp3) is 0.462. The molecule has 0 aliphatic heterocycles. The molecular weight excluding hydrogens is 226 g/mol. The predicted octanol–water partition coefficient (Wildman–Crippen LogP) is 1.49. The summed E-state index contributed by atoms with van der Waals surface area (Å²) in [5.41, 5.74) is 2.19. The number of aryl methyl sites for hydroxylation is 1. The number of hydrogen-bond acceptors (Lipinski definition) is 4. The zero-order valence-corrected chi connectivity index (χ0v) is 10.9. The molecular formula is C13H19N5. The maximum absolute atomic E-state index is 4.18. The van der Waals surface area contributed by atoms with Gasteiger partial charge in [0.05, 0.1) is 5.69 Å². The summed E-state index contributed by atoms with van der Waals surface area (Å²) in [7, 11) is 1.88. The summed E-state index contributed by atoms with van der Waals surface area (Å²) in [5.74, 6) is 0. The monoisotopic (exact) mass is 245 g/mol. The number of hydrogen-bond donors (Lipinski definition) is 1. The first-order valence-corrected chi connectivity index (χ1v) is 6.28. The van der Waals surface area contributed by atoms with Crippen molar-refractivity contribution in [3.63, 3.8) is 0 Å². The van der Waals surface area contributed by atoms with Crippen LogP contribution in [-0.4, -0.2) is 26.5 Å². The van der Waals surface area contributed by atoms with Gasteiger partial charge in [-0.25, -0.2) is 0 Å². The minimum Gasteiger partial charge on any atom is -0.310 e. The van der Waals surface area contributed by atoms with Crippen molar-refractivity contribution < 1.29 is 0 Å². The van der Waals surface area contributed by atoms with Gasteiger partial charge in [-0.15, -0.1) is 5.10 Å². The molecule has 0 bridgehead atoms. The van der Waals surface area contributed by atoms with Crippen molar-refractivity contribution in [3.8, 4) is 0 Å². The largest absolute Gasteiger partial charge is 0.310 e. The van der Waals surface area contributed by atoms with Crippen molar-refractivity contribution in [2.45, 2.75) is 25.8 Å². The molecule has 2 aromatic rings. The molecule has 0 spiro atoms. The smallest absolute Gasteiger partial charge is 0.0845 e. The van der Waals surface area contributed by atoms with Crippen LogP contribution in [0.3, 0.4) is 0 Å². The Morgan fingerprint density at radius 1 is 1.44 bits per heavy atom. The second-order valence-corrected chi connectivity index (χ2v) is 4.38. The molecule has 5 heteroatoms. The normalized spacial score (nSPS) is 12.6. The molecule has 0 saturated heterocycles. The Labute approximate surface area is 107 Å². The average Bonchev–Trinajstić information content (AvgIpc) is 2.81. The number of rotatable bonds is 6. The molecule has 0 fully saturated rings. The van der Waals surface area contributed by atoms with Crippen molar-refractivity contribution in [1.29, 1.82) is 0 Å². The Kier molecular flexibility index (Phi) is 4.41. The third-order valence-electron chi connectivity index (χ3n) is 2.79. The highest BCUT2D eigenvalue weighted by Crippen LogP contribution is 2.16. The molecule has 5 nitrogen and oxygen atoms in total. The van der Waals surface area contributed by atoms with E-state index in [0.29, 0.717) is 0 Å². The van der Waals surface area contributed by atoms with Gasteiger partial charge in [0.1, 0.15) is 0 Å². The average molecular weight is 245 g/mol. The number of nitrogens with one attached hydrogen (secondary N) is 1. The van der Waals surface area contributed by atoms with Crippen LogP contribution in [0.1, 0.15) is 30.6 Å². The number of nitrogens with zero attached hydrogens (tertiary/aromatic N) is 4. The molecule has 1 atom stereocenters. The molecule has 2 heterocycles. The van der Waals surface area contributed by atoms with Crippen LogP contribution in [0.5, 0.6) is 0 Å². The van der Waals surface area contributed by atoms with E-state index < -0.39 is 0 Å². The topological polar surface area (TPSA) is 55.6 Å². The van der Waals surface area contributed by atoms with Gasteiger partial charge in [0.25, 0.3) is 0 Å². The van der Waals surface area contributed by atoms with E-state index in [1.54, 1.807) is 10.9 Å². The molecule has 18 heavy (non-hydrogen) atoms. The van der Waals surface area contributed by atoms with Crippen LogP contribution in [0.25, 0.3) is 0 Å². The maximum atomic E-state index is 4.18. The van der Waals surface area contributed by atoms with Crippen LogP contribution in [0.4, 0.5) is 0 Å². The van der Waals surface area contributed by atoms with E-state index in [1.165, 1.54) is 5.56 Å². The van der Waals surface area contributed by atoms with Crippen molar-refractivity contribution in [1.82, 2.24) is 25.3 Å². The Hall–Kier alpha value is -1.75. The van der Waals surface area contributed by atoms with Gasteiger partial charge in [0.2, 0.25) is 0 Å². The zero-order chi connectivity index (χ0) is 12.8. The van der Waals surface area contributed by atoms with Crippen molar-refractivity contribution >= 4 is 0 Å². The van der Waals surface area contributed by atoms with Crippen molar-refractivity contribution in [2.24, 2.45) is 7.05 Å². The van der Waals surface area contributed by atoms with Gasteiger partial charge in [0, 0.05) is 38.1 Å². The first-order valence-electron chi connectivity index (χ1n) is 6.28. The predicted molar refractivity (Wildman–Crippen MR) is 70.0 cm³/mol. The van der Waals surface area contributed by atoms with Gasteiger partial charge in [-0.2, -0.15) is 0 Å². The highest BCUT2D eigenvalue weighted by atomic mass is 15.4. The van der Waals surface area contributed by atoms with Gasteiger partial charge in [-0.3, -0.25) is 9.67 Å². The molecule has 1 unspecified atom stereocenters. The van der Waals surface area contributed by atoms with Gasteiger partial charge in [-0.1, -0.05) is 18.2 Å². The van der Waals surface area contributed by atoms with Crippen molar-refractivity contribution in [2.75, 3.05) is 6.54 Å². The van der Waals surface area contributed by atoms with Crippen molar-refractivity contribution in [3.05, 3.63) is 42.0 Å². The van der Waals surface area contributed by atoms with E-state index in [1.807, 2.05) is 25.5 Å². The highest BCUT2D eigenvalue weighted by Gasteiger charge is 2.13. The molecule has 2 aromatic heterocycles. The molecule has 0 saturated carbocycles. The maximum Gasteiger partial charge on any atom is 0.0845 e. The molecule has 0 aliphatic carbocycles. The first kappa shape index (κ1) is 12.7. The zero-order valence-electron chi connectivity index (χ0n) is 10.9. The molecule has 2 rings (SSSR count). The van der Waals surface area contributed by atoms with Gasteiger partial charge in [0.15, 0.2) is 0 Å². The number of pyridine rings is 1. The standard InChI is InChI=1S/C13H19N5/c1-3-6-15-13(11-5-4-7-14-9-11)8-12-10-18(2)17-16-12/h4-5,7,9-10,13,15H,3,6,8H2,1-2H3. The van der Waals surface area contributed by atoms with Crippen LogP contribution < -0.4 is 5.32 Å².